The summed E-state index contributed by atoms with van der Waals surface area (Å²) in [5.74, 6) is -0.914. The van der Waals surface area contributed by atoms with Gasteiger partial charge in [0.05, 0.1) is 16.3 Å². The molecule has 3 heterocycles. The summed E-state index contributed by atoms with van der Waals surface area (Å²) in [6, 6.07) is 0.566. The molecule has 1 N–H and O–H groups in total. The molecule has 0 bridgehead atoms. The minimum atomic E-state index is -4.58. The van der Waals surface area contributed by atoms with Gasteiger partial charge in [-0.1, -0.05) is 24.3 Å². The summed E-state index contributed by atoms with van der Waals surface area (Å²) in [5.41, 5.74) is 0.763. The highest BCUT2D eigenvalue weighted by Crippen LogP contribution is 2.34. The van der Waals surface area contributed by atoms with Gasteiger partial charge in [-0.15, -0.1) is 11.3 Å². The van der Waals surface area contributed by atoms with Crippen molar-refractivity contribution < 1.29 is 27.5 Å². The SMILES string of the molecule is C=CCOC(=O)N1CCN(C(C)(C)c2csc(-c3cncc(Cl)c3)n2)C[C@H]1C(=O)NCC(F)(F)F. The number of carbonyl (C=O) groups excluding carboxylic acids is 2. The third-order valence-corrected chi connectivity index (χ3v) is 6.68. The van der Waals surface area contributed by atoms with Gasteiger partial charge in [0, 0.05) is 43.0 Å². The Morgan fingerprint density at radius 1 is 1.34 bits per heavy atom. The van der Waals surface area contributed by atoms with Crippen LogP contribution in [0.1, 0.15) is 19.5 Å². The molecule has 2 aromatic heterocycles. The third kappa shape index (κ3) is 6.71. The third-order valence-electron chi connectivity index (χ3n) is 5.58. The average molecular weight is 532 g/mol. The molecule has 1 atom stereocenters. The molecule has 8 nitrogen and oxygen atoms in total. The van der Waals surface area contributed by atoms with Crippen LogP contribution in [-0.2, 0) is 15.1 Å². The standard InChI is InChI=1S/C22H25ClF3N5O3S/c1-4-7-34-20(33)31-6-5-30(11-16(31)18(32)28-13-22(24,25)26)21(2,3)17-12-35-19(29-17)14-8-15(23)10-27-9-14/h4,8-10,12,16H,1,5-7,11,13H2,2-3H3,(H,28,32)/t16-/m0/s1. The van der Waals surface area contributed by atoms with Crippen LogP contribution < -0.4 is 5.32 Å². The van der Waals surface area contributed by atoms with Gasteiger partial charge in [-0.2, -0.15) is 13.2 Å². The van der Waals surface area contributed by atoms with Crippen LogP contribution >= 0.6 is 22.9 Å². The van der Waals surface area contributed by atoms with Gasteiger partial charge in [0.2, 0.25) is 5.91 Å². The minimum absolute atomic E-state index is 0.00847. The number of pyridine rings is 1. The van der Waals surface area contributed by atoms with Crippen molar-refractivity contribution >= 4 is 34.9 Å². The lowest BCUT2D eigenvalue weighted by Gasteiger charge is -2.46. The van der Waals surface area contributed by atoms with Gasteiger partial charge in [-0.05, 0) is 19.9 Å². The first-order valence-corrected chi connectivity index (χ1v) is 11.9. The number of rotatable bonds is 7. The first-order chi connectivity index (χ1) is 16.4. The van der Waals surface area contributed by atoms with Crippen molar-refractivity contribution in [1.29, 1.82) is 0 Å². The van der Waals surface area contributed by atoms with Gasteiger partial charge in [-0.25, -0.2) is 9.78 Å². The number of alkyl halides is 3. The quantitative estimate of drug-likeness (QED) is 0.542. The van der Waals surface area contributed by atoms with Crippen LogP contribution in [0.3, 0.4) is 0 Å². The van der Waals surface area contributed by atoms with Crippen LogP contribution in [0.4, 0.5) is 18.0 Å². The number of carbonyl (C=O) groups is 2. The Morgan fingerprint density at radius 3 is 2.74 bits per heavy atom. The zero-order chi connectivity index (χ0) is 25.8. The lowest BCUT2D eigenvalue weighted by molar-refractivity contribution is -0.143. The fraction of sp³-hybridized carbons (Fsp3) is 0.455. The van der Waals surface area contributed by atoms with E-state index in [4.69, 9.17) is 21.3 Å². The minimum Gasteiger partial charge on any atom is -0.445 e. The zero-order valence-corrected chi connectivity index (χ0v) is 20.7. The van der Waals surface area contributed by atoms with E-state index in [0.717, 1.165) is 10.5 Å². The van der Waals surface area contributed by atoms with Crippen LogP contribution in [0, 0.1) is 0 Å². The van der Waals surface area contributed by atoms with Crippen molar-refractivity contribution in [1.82, 2.24) is 25.1 Å². The summed E-state index contributed by atoms with van der Waals surface area (Å²) in [7, 11) is 0. The summed E-state index contributed by atoms with van der Waals surface area (Å²) >= 11 is 7.43. The number of ether oxygens (including phenoxy) is 1. The van der Waals surface area contributed by atoms with Crippen molar-refractivity contribution in [2.24, 2.45) is 0 Å². The Morgan fingerprint density at radius 2 is 2.09 bits per heavy atom. The fourth-order valence-electron chi connectivity index (χ4n) is 3.63. The fourth-order valence-corrected chi connectivity index (χ4v) is 4.77. The number of amides is 2. The number of halogens is 4. The molecule has 190 valence electrons. The largest absolute Gasteiger partial charge is 0.445 e. The van der Waals surface area contributed by atoms with E-state index >= 15 is 0 Å². The zero-order valence-electron chi connectivity index (χ0n) is 19.1. The molecular weight excluding hydrogens is 507 g/mol. The molecule has 2 amide bonds. The van der Waals surface area contributed by atoms with Crippen molar-refractivity contribution in [3.05, 3.63) is 47.2 Å². The molecule has 35 heavy (non-hydrogen) atoms. The van der Waals surface area contributed by atoms with Crippen LogP contribution in [0.5, 0.6) is 0 Å². The Balaban J connectivity index is 1.82. The van der Waals surface area contributed by atoms with E-state index in [-0.39, 0.29) is 19.7 Å². The molecule has 2 aromatic rings. The molecule has 1 aliphatic rings. The average Bonchev–Trinajstić information content (AvgIpc) is 3.31. The number of nitrogens with one attached hydrogen (secondary N) is 1. The smallest absolute Gasteiger partial charge is 0.410 e. The highest BCUT2D eigenvalue weighted by Gasteiger charge is 2.43. The maximum Gasteiger partial charge on any atom is 0.410 e. The molecule has 13 heteroatoms. The second-order valence-corrected chi connectivity index (χ2v) is 9.64. The summed E-state index contributed by atoms with van der Waals surface area (Å²) < 4.78 is 43.1. The van der Waals surface area contributed by atoms with Crippen molar-refractivity contribution in [3.8, 4) is 10.6 Å². The first-order valence-electron chi connectivity index (χ1n) is 10.6. The van der Waals surface area contributed by atoms with Crippen LogP contribution in [0.2, 0.25) is 5.02 Å². The number of nitrogens with zero attached hydrogens (tertiary/aromatic N) is 4. The second-order valence-electron chi connectivity index (χ2n) is 8.34. The molecule has 1 saturated heterocycles. The van der Waals surface area contributed by atoms with E-state index in [0.29, 0.717) is 22.3 Å². The Hall–Kier alpha value is -2.70. The van der Waals surface area contributed by atoms with Crippen LogP contribution in [0.15, 0.2) is 36.5 Å². The molecule has 1 fully saturated rings. The maximum atomic E-state index is 12.7. The van der Waals surface area contributed by atoms with Gasteiger partial charge in [0.25, 0.3) is 0 Å². The molecule has 0 radical (unpaired) electrons. The van der Waals surface area contributed by atoms with Gasteiger partial charge in [0.1, 0.15) is 24.2 Å². The van der Waals surface area contributed by atoms with E-state index < -0.39 is 36.3 Å². The van der Waals surface area contributed by atoms with Crippen molar-refractivity contribution in [2.75, 3.05) is 32.8 Å². The summed E-state index contributed by atoms with van der Waals surface area (Å²) in [6.45, 7) is 6.12. The highest BCUT2D eigenvalue weighted by atomic mass is 35.5. The van der Waals surface area contributed by atoms with E-state index in [2.05, 4.69) is 11.6 Å². The van der Waals surface area contributed by atoms with Gasteiger partial charge in [-0.3, -0.25) is 19.6 Å². The van der Waals surface area contributed by atoms with Gasteiger partial charge in [0.15, 0.2) is 0 Å². The van der Waals surface area contributed by atoms with Crippen molar-refractivity contribution in [3.63, 3.8) is 0 Å². The lowest BCUT2D eigenvalue weighted by Crippen LogP contribution is -2.64. The number of hydrogen-bond acceptors (Lipinski definition) is 7. The Labute approximate surface area is 209 Å². The first kappa shape index (κ1) is 26.9. The van der Waals surface area contributed by atoms with Crippen LogP contribution in [-0.4, -0.2) is 76.8 Å². The molecule has 1 aliphatic heterocycles. The number of piperazine rings is 1. The van der Waals surface area contributed by atoms with E-state index in [1.807, 2.05) is 29.4 Å². The normalized spacial score (nSPS) is 17.2. The maximum absolute atomic E-state index is 12.7. The Bertz CT molecular complexity index is 1080. The molecule has 0 saturated carbocycles. The van der Waals surface area contributed by atoms with Crippen LogP contribution in [0.25, 0.3) is 10.6 Å². The van der Waals surface area contributed by atoms with E-state index in [1.54, 1.807) is 12.3 Å². The summed E-state index contributed by atoms with van der Waals surface area (Å²) in [4.78, 5) is 37.1. The number of hydrogen-bond donors (Lipinski definition) is 1. The molecule has 0 unspecified atom stereocenters. The monoisotopic (exact) mass is 531 g/mol. The van der Waals surface area contributed by atoms with E-state index in [9.17, 15) is 22.8 Å². The summed E-state index contributed by atoms with van der Waals surface area (Å²) in [6.07, 6.45) is -0.836. The van der Waals surface area contributed by atoms with Gasteiger partial charge < -0.3 is 10.1 Å². The lowest BCUT2D eigenvalue weighted by atomic mass is 9.96. The highest BCUT2D eigenvalue weighted by molar-refractivity contribution is 7.13. The molecule has 0 aromatic carbocycles. The number of thiazole rings is 1. The molecule has 3 rings (SSSR count). The predicted octanol–water partition coefficient (Wildman–Crippen LogP) is 4.08. The molecule has 0 aliphatic carbocycles. The predicted molar refractivity (Wildman–Crippen MR) is 126 cm³/mol. The summed E-state index contributed by atoms with van der Waals surface area (Å²) in [5, 5.41) is 4.94. The molecule has 0 spiro atoms. The van der Waals surface area contributed by atoms with Crippen molar-refractivity contribution in [2.45, 2.75) is 31.6 Å². The molecular formula is C22H25ClF3N5O3S. The van der Waals surface area contributed by atoms with Gasteiger partial charge >= 0.3 is 12.3 Å². The van der Waals surface area contributed by atoms with E-state index in [1.165, 1.54) is 23.6 Å². The Kier molecular flexibility index (Phi) is 8.39. The second kappa shape index (κ2) is 10.9. The number of aromatic nitrogens is 2. The topological polar surface area (TPSA) is 87.7 Å².